The van der Waals surface area contributed by atoms with E-state index in [2.05, 4.69) is 4.90 Å². The summed E-state index contributed by atoms with van der Waals surface area (Å²) in [4.78, 5) is 2.50. The summed E-state index contributed by atoms with van der Waals surface area (Å²) < 4.78 is 13.4. The van der Waals surface area contributed by atoms with E-state index in [1.54, 1.807) is 6.07 Å². The van der Waals surface area contributed by atoms with Crippen LogP contribution in [0, 0.1) is 12.7 Å². The fraction of sp³-hybridized carbons (Fsp3) is 0.600. The van der Waals surface area contributed by atoms with E-state index in [9.17, 15) is 4.39 Å². The maximum Gasteiger partial charge on any atom is 0.126 e. The van der Waals surface area contributed by atoms with Gasteiger partial charge in [-0.3, -0.25) is 4.90 Å². The molecule has 0 aliphatic carbocycles. The van der Waals surface area contributed by atoms with Gasteiger partial charge in [0, 0.05) is 6.04 Å². The number of piperidine rings is 1. The van der Waals surface area contributed by atoms with Crippen LogP contribution in [-0.2, 0) is 0 Å². The van der Waals surface area contributed by atoms with Crippen LogP contribution in [0.15, 0.2) is 18.2 Å². The van der Waals surface area contributed by atoms with Gasteiger partial charge in [0.25, 0.3) is 0 Å². The van der Waals surface area contributed by atoms with Crippen LogP contribution in [0.2, 0.25) is 0 Å². The monoisotopic (exact) mass is 250 g/mol. The van der Waals surface area contributed by atoms with E-state index in [1.165, 1.54) is 24.8 Å². The summed E-state index contributed by atoms with van der Waals surface area (Å²) in [6.07, 6.45) is 4.81. The van der Waals surface area contributed by atoms with E-state index < -0.39 is 0 Å². The summed E-state index contributed by atoms with van der Waals surface area (Å²) in [5, 5.41) is 0. The fourth-order valence-corrected chi connectivity index (χ4v) is 2.82. The minimum absolute atomic E-state index is 0.121. The van der Waals surface area contributed by atoms with E-state index in [-0.39, 0.29) is 5.82 Å². The van der Waals surface area contributed by atoms with Gasteiger partial charge in [-0.25, -0.2) is 4.39 Å². The van der Waals surface area contributed by atoms with Gasteiger partial charge in [-0.15, -0.1) is 0 Å². The number of hydrogen-bond acceptors (Lipinski definition) is 2. The SMILES string of the molecule is Cc1cc(C(CCN)N2CCCCC2)ccc1F. The fourth-order valence-electron chi connectivity index (χ4n) is 2.82. The van der Waals surface area contributed by atoms with Crippen molar-refractivity contribution in [2.24, 2.45) is 5.73 Å². The maximum atomic E-state index is 13.4. The summed E-state index contributed by atoms with van der Waals surface area (Å²) in [5.74, 6) is -0.121. The molecule has 0 spiro atoms. The number of benzene rings is 1. The van der Waals surface area contributed by atoms with Crippen LogP contribution < -0.4 is 5.73 Å². The zero-order valence-corrected chi connectivity index (χ0v) is 11.2. The van der Waals surface area contributed by atoms with Crippen molar-refractivity contribution in [2.75, 3.05) is 19.6 Å². The molecule has 2 rings (SSSR count). The molecule has 1 heterocycles. The Balaban J connectivity index is 2.19. The molecule has 1 saturated heterocycles. The molecular weight excluding hydrogens is 227 g/mol. The van der Waals surface area contributed by atoms with Gasteiger partial charge in [-0.05, 0) is 63.0 Å². The molecule has 1 unspecified atom stereocenters. The lowest BCUT2D eigenvalue weighted by molar-refractivity contribution is 0.157. The van der Waals surface area contributed by atoms with Crippen LogP contribution in [0.1, 0.15) is 42.9 Å². The quantitative estimate of drug-likeness (QED) is 0.890. The molecule has 100 valence electrons. The molecule has 1 aromatic carbocycles. The third-order valence-corrected chi connectivity index (χ3v) is 3.84. The minimum Gasteiger partial charge on any atom is -0.330 e. The summed E-state index contributed by atoms with van der Waals surface area (Å²) >= 11 is 0. The highest BCUT2D eigenvalue weighted by atomic mass is 19.1. The van der Waals surface area contributed by atoms with Gasteiger partial charge in [-0.2, -0.15) is 0 Å². The molecule has 0 radical (unpaired) electrons. The van der Waals surface area contributed by atoms with Gasteiger partial charge in [0.15, 0.2) is 0 Å². The van der Waals surface area contributed by atoms with Crippen molar-refractivity contribution in [3.63, 3.8) is 0 Å². The van der Waals surface area contributed by atoms with Crippen molar-refractivity contribution in [1.29, 1.82) is 0 Å². The Morgan fingerprint density at radius 3 is 2.61 bits per heavy atom. The van der Waals surface area contributed by atoms with Crippen molar-refractivity contribution < 1.29 is 4.39 Å². The van der Waals surface area contributed by atoms with Crippen LogP contribution in [-0.4, -0.2) is 24.5 Å². The Morgan fingerprint density at radius 2 is 2.00 bits per heavy atom. The first kappa shape index (κ1) is 13.5. The topological polar surface area (TPSA) is 29.3 Å². The standard InChI is InChI=1S/C15H23FN2/c1-12-11-13(5-6-14(12)16)15(7-8-17)18-9-3-2-4-10-18/h5-6,11,15H,2-4,7-10,17H2,1H3. The summed E-state index contributed by atoms with van der Waals surface area (Å²) in [7, 11) is 0. The number of nitrogens with zero attached hydrogens (tertiary/aromatic N) is 1. The van der Waals surface area contributed by atoms with Gasteiger partial charge in [0.2, 0.25) is 0 Å². The maximum absolute atomic E-state index is 13.4. The average molecular weight is 250 g/mol. The molecule has 0 aromatic heterocycles. The summed E-state index contributed by atoms with van der Waals surface area (Å²) in [6, 6.07) is 5.83. The van der Waals surface area contributed by atoms with Crippen molar-refractivity contribution in [1.82, 2.24) is 4.90 Å². The highest BCUT2D eigenvalue weighted by Gasteiger charge is 2.21. The van der Waals surface area contributed by atoms with Crippen molar-refractivity contribution in [3.8, 4) is 0 Å². The van der Waals surface area contributed by atoms with E-state index in [0.717, 1.165) is 25.1 Å². The molecule has 18 heavy (non-hydrogen) atoms. The highest BCUT2D eigenvalue weighted by Crippen LogP contribution is 2.28. The van der Waals surface area contributed by atoms with Gasteiger partial charge in [0.1, 0.15) is 5.82 Å². The predicted octanol–water partition coefficient (Wildman–Crippen LogP) is 3.01. The van der Waals surface area contributed by atoms with Gasteiger partial charge >= 0.3 is 0 Å². The van der Waals surface area contributed by atoms with Gasteiger partial charge < -0.3 is 5.73 Å². The molecule has 2 nitrogen and oxygen atoms in total. The van der Waals surface area contributed by atoms with Crippen LogP contribution in [0.5, 0.6) is 0 Å². The molecule has 1 atom stereocenters. The summed E-state index contributed by atoms with van der Waals surface area (Å²) in [5.41, 5.74) is 7.68. The van der Waals surface area contributed by atoms with Crippen LogP contribution in [0.3, 0.4) is 0 Å². The number of nitrogens with two attached hydrogens (primary N) is 1. The normalized spacial score (nSPS) is 18.8. The first-order valence-electron chi connectivity index (χ1n) is 6.92. The Kier molecular flexibility index (Phi) is 4.72. The zero-order chi connectivity index (χ0) is 13.0. The van der Waals surface area contributed by atoms with Gasteiger partial charge in [-0.1, -0.05) is 18.6 Å². The second-order valence-corrected chi connectivity index (χ2v) is 5.20. The first-order valence-corrected chi connectivity index (χ1v) is 6.92. The molecule has 1 aliphatic rings. The second kappa shape index (κ2) is 6.30. The smallest absolute Gasteiger partial charge is 0.126 e. The van der Waals surface area contributed by atoms with Crippen LogP contribution in [0.4, 0.5) is 4.39 Å². The van der Waals surface area contributed by atoms with Crippen LogP contribution >= 0.6 is 0 Å². The predicted molar refractivity (Wildman–Crippen MR) is 73.0 cm³/mol. The molecule has 1 fully saturated rings. The van der Waals surface area contributed by atoms with Gasteiger partial charge in [0.05, 0.1) is 0 Å². The minimum atomic E-state index is -0.121. The molecule has 3 heteroatoms. The Labute approximate surface area is 109 Å². The molecular formula is C15H23FN2. The highest BCUT2D eigenvalue weighted by molar-refractivity contribution is 5.26. The number of aryl methyl sites for hydroxylation is 1. The Morgan fingerprint density at radius 1 is 1.28 bits per heavy atom. The lowest BCUT2D eigenvalue weighted by Crippen LogP contribution is -2.34. The number of rotatable bonds is 4. The first-order chi connectivity index (χ1) is 8.72. The molecule has 1 aromatic rings. The molecule has 0 bridgehead atoms. The number of likely N-dealkylation sites (tertiary alicyclic amines) is 1. The third kappa shape index (κ3) is 3.09. The number of halogens is 1. The van der Waals surface area contributed by atoms with Crippen molar-refractivity contribution in [3.05, 3.63) is 35.1 Å². The second-order valence-electron chi connectivity index (χ2n) is 5.20. The molecule has 0 amide bonds. The average Bonchev–Trinajstić information content (AvgIpc) is 2.40. The van der Waals surface area contributed by atoms with Crippen LogP contribution in [0.25, 0.3) is 0 Å². The van der Waals surface area contributed by atoms with E-state index in [4.69, 9.17) is 5.73 Å². The Bertz CT molecular complexity index is 386. The Hall–Kier alpha value is -0.930. The van der Waals surface area contributed by atoms with Crippen molar-refractivity contribution >= 4 is 0 Å². The molecule has 1 aliphatic heterocycles. The van der Waals surface area contributed by atoms with Crippen molar-refractivity contribution in [2.45, 2.75) is 38.6 Å². The lowest BCUT2D eigenvalue weighted by Gasteiger charge is -2.35. The third-order valence-electron chi connectivity index (χ3n) is 3.84. The zero-order valence-electron chi connectivity index (χ0n) is 11.2. The largest absolute Gasteiger partial charge is 0.330 e. The summed E-state index contributed by atoms with van der Waals surface area (Å²) in [6.45, 7) is 4.79. The molecule has 2 N–H and O–H groups in total. The van der Waals surface area contributed by atoms with E-state index in [1.807, 2.05) is 19.1 Å². The molecule has 0 saturated carbocycles. The van der Waals surface area contributed by atoms with E-state index in [0.29, 0.717) is 12.6 Å². The number of hydrogen-bond donors (Lipinski definition) is 1. The van der Waals surface area contributed by atoms with E-state index >= 15 is 0 Å². The lowest BCUT2D eigenvalue weighted by atomic mass is 9.97.